The lowest BCUT2D eigenvalue weighted by Crippen LogP contribution is -2.17. The van der Waals surface area contributed by atoms with E-state index in [4.69, 9.17) is 9.47 Å². The molecular formula is C14H19NO2. The number of ether oxygens (including phenoxy) is 2. The zero-order chi connectivity index (χ0) is 12.3. The number of fused-ring (bicyclic) bond motifs is 1. The van der Waals surface area contributed by atoms with E-state index in [1.807, 2.05) is 6.07 Å². The van der Waals surface area contributed by atoms with Crippen molar-refractivity contribution in [1.29, 1.82) is 0 Å². The van der Waals surface area contributed by atoms with E-state index in [-0.39, 0.29) is 0 Å². The molecule has 0 saturated carbocycles. The number of hydrogen-bond donors (Lipinski definition) is 0. The summed E-state index contributed by atoms with van der Waals surface area (Å²) in [4.78, 5) is 2.27. The van der Waals surface area contributed by atoms with Crippen molar-refractivity contribution in [3.05, 3.63) is 35.4 Å². The van der Waals surface area contributed by atoms with E-state index in [0.717, 1.165) is 24.6 Å². The molecule has 1 aromatic rings. The Kier molecular flexibility index (Phi) is 3.69. The van der Waals surface area contributed by atoms with Crippen molar-refractivity contribution in [1.82, 2.24) is 4.90 Å². The van der Waals surface area contributed by atoms with Gasteiger partial charge < -0.3 is 9.47 Å². The Hall–Kier alpha value is -1.48. The van der Waals surface area contributed by atoms with Crippen LogP contribution < -0.4 is 9.47 Å². The zero-order valence-electron chi connectivity index (χ0n) is 10.7. The highest BCUT2D eigenvalue weighted by molar-refractivity contribution is 5.44. The lowest BCUT2D eigenvalue weighted by molar-refractivity contribution is 0.174. The van der Waals surface area contributed by atoms with Crippen LogP contribution in [0, 0.1) is 0 Å². The number of benzene rings is 1. The van der Waals surface area contributed by atoms with Gasteiger partial charge in [-0.1, -0.05) is 17.7 Å². The van der Waals surface area contributed by atoms with Crippen molar-refractivity contribution in [2.45, 2.75) is 20.4 Å². The fraction of sp³-hybridized carbons (Fsp3) is 0.429. The molecule has 0 atom stereocenters. The molecule has 0 unspecified atom stereocenters. The SMILES string of the molecule is CC(C)=CCN(C)Cc1ccc2c(c1)OCO2. The van der Waals surface area contributed by atoms with Crippen LogP contribution >= 0.6 is 0 Å². The maximum absolute atomic E-state index is 5.37. The van der Waals surface area contributed by atoms with Gasteiger partial charge in [0.15, 0.2) is 11.5 Å². The summed E-state index contributed by atoms with van der Waals surface area (Å²) in [6.07, 6.45) is 2.23. The van der Waals surface area contributed by atoms with Crippen molar-refractivity contribution in [3.63, 3.8) is 0 Å². The summed E-state index contributed by atoms with van der Waals surface area (Å²) in [5.41, 5.74) is 2.60. The van der Waals surface area contributed by atoms with Crippen molar-refractivity contribution >= 4 is 0 Å². The van der Waals surface area contributed by atoms with Crippen molar-refractivity contribution in [3.8, 4) is 11.5 Å². The minimum atomic E-state index is 0.340. The maximum atomic E-state index is 5.37. The van der Waals surface area contributed by atoms with E-state index in [1.54, 1.807) is 0 Å². The Labute approximate surface area is 103 Å². The average molecular weight is 233 g/mol. The molecule has 3 heteroatoms. The molecule has 0 fully saturated rings. The van der Waals surface area contributed by atoms with Crippen LogP contribution in [0.4, 0.5) is 0 Å². The first kappa shape index (κ1) is 12.0. The molecule has 92 valence electrons. The first-order chi connectivity index (χ1) is 8.15. The molecule has 0 N–H and O–H groups in total. The average Bonchev–Trinajstić information content (AvgIpc) is 2.73. The summed E-state index contributed by atoms with van der Waals surface area (Å²) < 4.78 is 10.7. The van der Waals surface area contributed by atoms with Gasteiger partial charge >= 0.3 is 0 Å². The normalized spacial score (nSPS) is 12.9. The molecule has 0 radical (unpaired) electrons. The van der Waals surface area contributed by atoms with E-state index < -0.39 is 0 Å². The Balaban J connectivity index is 1.97. The van der Waals surface area contributed by atoms with Gasteiger partial charge in [0.25, 0.3) is 0 Å². The molecule has 17 heavy (non-hydrogen) atoms. The first-order valence-corrected chi connectivity index (χ1v) is 5.85. The highest BCUT2D eigenvalue weighted by atomic mass is 16.7. The van der Waals surface area contributed by atoms with E-state index in [9.17, 15) is 0 Å². The Morgan fingerprint density at radius 1 is 1.29 bits per heavy atom. The van der Waals surface area contributed by atoms with Crippen LogP contribution in [0.25, 0.3) is 0 Å². The Morgan fingerprint density at radius 2 is 2.06 bits per heavy atom. The summed E-state index contributed by atoms with van der Waals surface area (Å²) in [5.74, 6) is 1.71. The Morgan fingerprint density at radius 3 is 2.82 bits per heavy atom. The number of allylic oxidation sites excluding steroid dienone is 1. The van der Waals surface area contributed by atoms with Crippen LogP contribution in [-0.2, 0) is 6.54 Å². The Bertz CT molecular complexity index is 422. The van der Waals surface area contributed by atoms with Gasteiger partial charge in [-0.15, -0.1) is 0 Å². The van der Waals surface area contributed by atoms with Crippen LogP contribution in [0.5, 0.6) is 11.5 Å². The van der Waals surface area contributed by atoms with Crippen LogP contribution in [0.15, 0.2) is 29.8 Å². The van der Waals surface area contributed by atoms with Crippen molar-refractivity contribution in [2.75, 3.05) is 20.4 Å². The van der Waals surface area contributed by atoms with Gasteiger partial charge in [0.1, 0.15) is 0 Å². The fourth-order valence-electron chi connectivity index (χ4n) is 1.75. The molecule has 0 aromatic heterocycles. The maximum Gasteiger partial charge on any atom is 0.231 e. The van der Waals surface area contributed by atoms with Gasteiger partial charge in [-0.25, -0.2) is 0 Å². The number of nitrogens with zero attached hydrogens (tertiary/aromatic N) is 1. The third-order valence-electron chi connectivity index (χ3n) is 2.70. The second-order valence-electron chi connectivity index (χ2n) is 4.67. The van der Waals surface area contributed by atoms with E-state index in [1.165, 1.54) is 11.1 Å². The van der Waals surface area contributed by atoms with Crippen molar-refractivity contribution < 1.29 is 9.47 Å². The van der Waals surface area contributed by atoms with Gasteiger partial charge in [0.2, 0.25) is 6.79 Å². The molecule has 2 rings (SSSR count). The van der Waals surface area contributed by atoms with Gasteiger partial charge in [0, 0.05) is 13.1 Å². The summed E-state index contributed by atoms with van der Waals surface area (Å²) in [6.45, 7) is 6.46. The molecule has 0 amide bonds. The quantitative estimate of drug-likeness (QED) is 0.746. The lowest BCUT2D eigenvalue weighted by Gasteiger charge is -2.15. The molecule has 0 aliphatic carbocycles. The predicted molar refractivity (Wildman–Crippen MR) is 68.3 cm³/mol. The minimum Gasteiger partial charge on any atom is -0.454 e. The summed E-state index contributed by atoms with van der Waals surface area (Å²) in [5, 5.41) is 0. The summed E-state index contributed by atoms with van der Waals surface area (Å²) >= 11 is 0. The van der Waals surface area contributed by atoms with E-state index in [0.29, 0.717) is 6.79 Å². The summed E-state index contributed by atoms with van der Waals surface area (Å²) in [7, 11) is 2.12. The second-order valence-corrected chi connectivity index (χ2v) is 4.67. The topological polar surface area (TPSA) is 21.7 Å². The third-order valence-corrected chi connectivity index (χ3v) is 2.70. The lowest BCUT2D eigenvalue weighted by atomic mass is 10.2. The smallest absolute Gasteiger partial charge is 0.231 e. The number of rotatable bonds is 4. The number of likely N-dealkylation sites (N-methyl/N-ethyl adjacent to an activating group) is 1. The van der Waals surface area contributed by atoms with Crippen LogP contribution in [-0.4, -0.2) is 25.3 Å². The molecule has 1 aliphatic rings. The standard InChI is InChI=1S/C14H19NO2/c1-11(2)6-7-15(3)9-12-4-5-13-14(8-12)17-10-16-13/h4-6,8H,7,9-10H2,1-3H3. The monoisotopic (exact) mass is 233 g/mol. The van der Waals surface area contributed by atoms with Gasteiger partial charge in [0.05, 0.1) is 0 Å². The predicted octanol–water partition coefficient (Wildman–Crippen LogP) is 2.81. The molecule has 0 saturated heterocycles. The van der Waals surface area contributed by atoms with Gasteiger partial charge in [-0.3, -0.25) is 4.90 Å². The highest BCUT2D eigenvalue weighted by Crippen LogP contribution is 2.32. The molecular weight excluding hydrogens is 214 g/mol. The molecule has 0 spiro atoms. The number of hydrogen-bond acceptors (Lipinski definition) is 3. The zero-order valence-corrected chi connectivity index (χ0v) is 10.7. The van der Waals surface area contributed by atoms with Crippen LogP contribution in [0.3, 0.4) is 0 Å². The van der Waals surface area contributed by atoms with Crippen molar-refractivity contribution in [2.24, 2.45) is 0 Å². The first-order valence-electron chi connectivity index (χ1n) is 5.85. The van der Waals surface area contributed by atoms with Gasteiger partial charge in [-0.05, 0) is 38.6 Å². The van der Waals surface area contributed by atoms with Gasteiger partial charge in [-0.2, -0.15) is 0 Å². The molecule has 1 heterocycles. The second kappa shape index (κ2) is 5.23. The van der Waals surface area contributed by atoms with E-state index in [2.05, 4.69) is 44.0 Å². The minimum absolute atomic E-state index is 0.340. The van der Waals surface area contributed by atoms with Crippen LogP contribution in [0.1, 0.15) is 19.4 Å². The largest absolute Gasteiger partial charge is 0.454 e. The van der Waals surface area contributed by atoms with E-state index >= 15 is 0 Å². The molecule has 3 nitrogen and oxygen atoms in total. The third kappa shape index (κ3) is 3.24. The van der Waals surface area contributed by atoms with Crippen LogP contribution in [0.2, 0.25) is 0 Å². The molecule has 1 aliphatic heterocycles. The fourth-order valence-corrected chi connectivity index (χ4v) is 1.75. The molecule has 1 aromatic carbocycles. The molecule has 0 bridgehead atoms. The highest BCUT2D eigenvalue weighted by Gasteiger charge is 2.13. The summed E-state index contributed by atoms with van der Waals surface area (Å²) in [6, 6.07) is 6.13.